The Bertz CT molecular complexity index is 1500. The second-order valence-corrected chi connectivity index (χ2v) is 14.0. The van der Waals surface area contributed by atoms with E-state index < -0.39 is 41.6 Å². The topological polar surface area (TPSA) is 129 Å². The fraction of sp³-hybridized carbons (Fsp3) is 0.583. The van der Waals surface area contributed by atoms with E-state index in [4.69, 9.17) is 23.9 Å². The maximum absolute atomic E-state index is 14.4. The van der Waals surface area contributed by atoms with Crippen molar-refractivity contribution in [3.63, 3.8) is 0 Å². The Morgan fingerprint density at radius 3 is 2.49 bits per heavy atom. The molecular formula is C36H48N4O7. The van der Waals surface area contributed by atoms with Crippen LogP contribution in [-0.2, 0) is 19.1 Å². The normalized spacial score (nSPS) is 24.3. The summed E-state index contributed by atoms with van der Waals surface area (Å²) in [5.74, 6) is 0.132. The molecular weight excluding hydrogens is 600 g/mol. The van der Waals surface area contributed by atoms with Crippen LogP contribution in [-0.4, -0.2) is 77.9 Å². The van der Waals surface area contributed by atoms with Crippen molar-refractivity contribution in [2.75, 3.05) is 20.8 Å². The first-order valence-electron chi connectivity index (χ1n) is 16.6. The van der Waals surface area contributed by atoms with E-state index in [0.29, 0.717) is 28.4 Å². The Kier molecular flexibility index (Phi) is 10.4. The fourth-order valence-electron chi connectivity index (χ4n) is 6.62. The van der Waals surface area contributed by atoms with Crippen LogP contribution in [0.15, 0.2) is 37.4 Å². The molecule has 1 N–H and O–H groups in total. The summed E-state index contributed by atoms with van der Waals surface area (Å²) in [5, 5.41) is 2.85. The van der Waals surface area contributed by atoms with Crippen molar-refractivity contribution >= 4 is 35.1 Å². The number of hydrogen-bond donors (Lipinski definition) is 1. The number of allylic oxidation sites excluding steroid dienone is 1. The van der Waals surface area contributed by atoms with Gasteiger partial charge in [0.1, 0.15) is 35.7 Å². The van der Waals surface area contributed by atoms with Crippen LogP contribution in [0.4, 0.5) is 4.79 Å². The SMILES string of the molecule is C=CCCCC[C@@H]1C[C@H]1OC(=O)N[C@H](C(=O)N1C[C@H](Oc2nc3cc(OC)ccc3nc2C=C)[C@@H](C2CC2)[C@H]1C(=O)OC)C(C)(C)C. The summed E-state index contributed by atoms with van der Waals surface area (Å²) in [6, 6.07) is 3.54. The summed E-state index contributed by atoms with van der Waals surface area (Å²) in [6.45, 7) is 13.4. The van der Waals surface area contributed by atoms with Gasteiger partial charge in [0.25, 0.3) is 0 Å². The number of nitrogens with zero attached hydrogens (tertiary/aromatic N) is 3. The quantitative estimate of drug-likeness (QED) is 0.155. The minimum absolute atomic E-state index is 0.104. The number of unbranched alkanes of at least 4 members (excludes halogenated alkanes) is 2. The molecule has 254 valence electrons. The summed E-state index contributed by atoms with van der Waals surface area (Å²) in [5.41, 5.74) is 0.997. The van der Waals surface area contributed by atoms with Gasteiger partial charge in [-0.05, 0) is 74.0 Å². The van der Waals surface area contributed by atoms with Crippen LogP contribution in [0, 0.1) is 23.2 Å². The van der Waals surface area contributed by atoms with Crippen LogP contribution >= 0.6 is 0 Å². The molecule has 1 aliphatic heterocycles. The predicted molar refractivity (Wildman–Crippen MR) is 178 cm³/mol. The van der Waals surface area contributed by atoms with Gasteiger partial charge in [0.05, 0.1) is 31.8 Å². The Morgan fingerprint density at radius 1 is 1.09 bits per heavy atom. The second-order valence-electron chi connectivity index (χ2n) is 14.0. The first-order chi connectivity index (χ1) is 22.5. The van der Waals surface area contributed by atoms with Gasteiger partial charge in [-0.1, -0.05) is 39.8 Å². The summed E-state index contributed by atoms with van der Waals surface area (Å²) < 4.78 is 22.9. The average molecular weight is 649 g/mol. The van der Waals surface area contributed by atoms with E-state index in [0.717, 1.165) is 44.9 Å². The number of ether oxygens (including phenoxy) is 4. The molecule has 11 heteroatoms. The number of aromatic nitrogens is 2. The molecule has 1 saturated heterocycles. The number of amides is 2. The van der Waals surface area contributed by atoms with Gasteiger partial charge in [0.15, 0.2) is 0 Å². The Labute approximate surface area is 277 Å². The van der Waals surface area contributed by atoms with Crippen LogP contribution in [0.1, 0.15) is 71.4 Å². The van der Waals surface area contributed by atoms with E-state index >= 15 is 0 Å². The highest BCUT2D eigenvalue weighted by Crippen LogP contribution is 2.47. The van der Waals surface area contributed by atoms with E-state index in [9.17, 15) is 14.4 Å². The van der Waals surface area contributed by atoms with Crippen LogP contribution in [0.5, 0.6) is 11.6 Å². The fourth-order valence-corrected chi connectivity index (χ4v) is 6.62. The van der Waals surface area contributed by atoms with Gasteiger partial charge in [-0.2, -0.15) is 0 Å². The smallest absolute Gasteiger partial charge is 0.408 e. The van der Waals surface area contributed by atoms with Gasteiger partial charge in [-0.3, -0.25) is 4.79 Å². The molecule has 5 rings (SSSR count). The van der Waals surface area contributed by atoms with Gasteiger partial charge in [-0.25, -0.2) is 19.6 Å². The van der Waals surface area contributed by atoms with Crippen molar-refractivity contribution in [1.29, 1.82) is 0 Å². The minimum atomic E-state index is -0.956. The molecule has 2 saturated carbocycles. The van der Waals surface area contributed by atoms with Crippen molar-refractivity contribution in [2.45, 2.75) is 90.0 Å². The number of likely N-dealkylation sites (tertiary alicyclic amines) is 1. The lowest BCUT2D eigenvalue weighted by atomic mass is 9.85. The zero-order chi connectivity index (χ0) is 33.9. The molecule has 3 aliphatic rings. The lowest BCUT2D eigenvalue weighted by Crippen LogP contribution is -2.57. The van der Waals surface area contributed by atoms with Crippen LogP contribution in [0.3, 0.4) is 0 Å². The number of fused-ring (bicyclic) bond motifs is 1. The standard InChI is InChI=1S/C36H48N4O7/c1-8-10-11-12-13-22-18-27(22)47-35(43)39-31(36(3,4)5)33(41)40-20-28(29(21-14-15-21)30(40)34(42)45-7)46-32-24(9-2)37-25-17-16-23(44-6)19-26(25)38-32/h8-9,16-17,19,21-22,27-31H,1-2,10-15,18,20H2,3-7H3,(H,39,43)/t22-,27-,28+,29-,30+,31-/m1/s1. The van der Waals surface area contributed by atoms with E-state index in [-0.39, 0.29) is 30.4 Å². The molecule has 6 atom stereocenters. The molecule has 0 spiro atoms. The molecule has 3 fully saturated rings. The summed E-state index contributed by atoms with van der Waals surface area (Å²) >= 11 is 0. The van der Waals surface area contributed by atoms with Gasteiger partial charge in [0, 0.05) is 12.0 Å². The molecule has 2 aromatic rings. The third-order valence-electron chi connectivity index (χ3n) is 9.44. The van der Waals surface area contributed by atoms with Crippen molar-refractivity contribution in [2.24, 2.45) is 23.2 Å². The predicted octanol–water partition coefficient (Wildman–Crippen LogP) is 5.71. The maximum atomic E-state index is 14.4. The van der Waals surface area contributed by atoms with Crippen LogP contribution in [0.25, 0.3) is 17.1 Å². The second kappa shape index (κ2) is 14.3. The number of carbonyl (C=O) groups excluding carboxylic acids is 3. The summed E-state index contributed by atoms with van der Waals surface area (Å²) in [4.78, 5) is 51.8. The Balaban J connectivity index is 1.36. The first kappa shape index (κ1) is 34.2. The van der Waals surface area contributed by atoms with Gasteiger partial charge >= 0.3 is 12.1 Å². The number of nitrogens with one attached hydrogen (secondary N) is 1. The van der Waals surface area contributed by atoms with Gasteiger partial charge in [0.2, 0.25) is 11.8 Å². The van der Waals surface area contributed by atoms with Crippen LogP contribution < -0.4 is 14.8 Å². The molecule has 1 aromatic carbocycles. The molecule has 0 radical (unpaired) electrons. The highest BCUT2D eigenvalue weighted by atomic mass is 16.6. The van der Waals surface area contributed by atoms with Gasteiger partial charge < -0.3 is 29.2 Å². The van der Waals surface area contributed by atoms with Gasteiger partial charge in [-0.15, -0.1) is 6.58 Å². The lowest BCUT2D eigenvalue weighted by molar-refractivity contribution is -0.154. The first-order valence-corrected chi connectivity index (χ1v) is 16.6. The zero-order valence-corrected chi connectivity index (χ0v) is 28.2. The minimum Gasteiger partial charge on any atom is -0.497 e. The molecule has 2 amide bonds. The van der Waals surface area contributed by atoms with Crippen molar-refractivity contribution in [1.82, 2.24) is 20.2 Å². The van der Waals surface area contributed by atoms with E-state index in [1.165, 1.54) is 12.0 Å². The molecule has 47 heavy (non-hydrogen) atoms. The molecule has 2 aliphatic carbocycles. The number of esters is 1. The third kappa shape index (κ3) is 7.88. The zero-order valence-electron chi connectivity index (χ0n) is 28.2. The van der Waals surface area contributed by atoms with Crippen molar-refractivity contribution in [3.8, 4) is 11.6 Å². The Hall–Kier alpha value is -4.15. The van der Waals surface area contributed by atoms with E-state index in [1.807, 2.05) is 32.9 Å². The lowest BCUT2D eigenvalue weighted by Gasteiger charge is -2.35. The van der Waals surface area contributed by atoms with Crippen molar-refractivity contribution < 1.29 is 33.3 Å². The number of methoxy groups -OCH3 is 2. The summed E-state index contributed by atoms with van der Waals surface area (Å²) in [6.07, 6.45) is 8.86. The number of benzene rings is 1. The highest BCUT2D eigenvalue weighted by Gasteiger charge is 2.57. The van der Waals surface area contributed by atoms with E-state index in [2.05, 4.69) is 23.5 Å². The molecule has 0 unspecified atom stereocenters. The monoisotopic (exact) mass is 648 g/mol. The van der Waals surface area contributed by atoms with Crippen LogP contribution in [0.2, 0.25) is 0 Å². The molecule has 11 nitrogen and oxygen atoms in total. The average Bonchev–Trinajstić information content (AvgIpc) is 3.98. The maximum Gasteiger partial charge on any atom is 0.408 e. The largest absolute Gasteiger partial charge is 0.497 e. The number of carbonyl (C=O) groups is 3. The highest BCUT2D eigenvalue weighted by molar-refractivity contribution is 5.91. The third-order valence-corrected chi connectivity index (χ3v) is 9.44. The Morgan fingerprint density at radius 2 is 1.85 bits per heavy atom. The molecule has 2 heterocycles. The summed E-state index contributed by atoms with van der Waals surface area (Å²) in [7, 11) is 2.90. The molecule has 0 bridgehead atoms. The number of rotatable bonds is 14. The van der Waals surface area contributed by atoms with Crippen molar-refractivity contribution in [3.05, 3.63) is 43.1 Å². The van der Waals surface area contributed by atoms with E-state index in [1.54, 1.807) is 25.3 Å². The number of hydrogen-bond acceptors (Lipinski definition) is 9. The molecule has 1 aromatic heterocycles. The number of alkyl carbamates (subject to hydrolysis) is 1.